The molecular weight excluding hydrogens is 348 g/mol. The summed E-state index contributed by atoms with van der Waals surface area (Å²) < 4.78 is 38.2. The molecule has 0 unspecified atom stereocenters. The Kier molecular flexibility index (Phi) is 3.52. The van der Waals surface area contributed by atoms with E-state index in [1.54, 1.807) is 18.2 Å². The molecule has 8 heteroatoms. The first kappa shape index (κ1) is 16.3. The van der Waals surface area contributed by atoms with Crippen LogP contribution in [0.1, 0.15) is 28.8 Å². The predicted molar refractivity (Wildman–Crippen MR) is 86.2 cm³/mol. The first-order chi connectivity index (χ1) is 11.8. The Hall–Kier alpha value is -2.19. The van der Waals surface area contributed by atoms with Crippen LogP contribution in [0.25, 0.3) is 0 Å². The smallest absolute Gasteiger partial charge is 0.264 e. The van der Waals surface area contributed by atoms with Crippen LogP contribution in [-0.4, -0.2) is 39.6 Å². The van der Waals surface area contributed by atoms with Gasteiger partial charge in [-0.05, 0) is 30.2 Å². The number of hydrogen-bond donors (Lipinski definition) is 0. The van der Waals surface area contributed by atoms with Crippen molar-refractivity contribution in [3.05, 3.63) is 35.4 Å². The number of benzene rings is 1. The number of Topliss-reactive ketones (excluding diaryl/α,β-unsaturated/α-hetero) is 1. The molecule has 0 bridgehead atoms. The van der Waals surface area contributed by atoms with Crippen LogP contribution in [0.4, 0.5) is 0 Å². The van der Waals surface area contributed by atoms with E-state index in [1.807, 2.05) is 0 Å². The second-order valence-corrected chi connectivity index (χ2v) is 8.13. The summed E-state index contributed by atoms with van der Waals surface area (Å²) in [6.07, 6.45) is 4.52. The van der Waals surface area contributed by atoms with Crippen LogP contribution in [0.15, 0.2) is 24.3 Å². The molecule has 0 spiro atoms. The molecular formula is C17H16O7S. The predicted octanol–water partition coefficient (Wildman–Crippen LogP) is 1.36. The molecule has 0 N–H and O–H groups in total. The molecule has 7 nitrogen and oxygen atoms in total. The molecule has 0 amide bonds. The lowest BCUT2D eigenvalue weighted by atomic mass is 9.67. The van der Waals surface area contributed by atoms with E-state index in [0.717, 1.165) is 11.8 Å². The lowest BCUT2D eigenvalue weighted by Crippen LogP contribution is -2.37. The first-order valence-electron chi connectivity index (χ1n) is 7.85. The van der Waals surface area contributed by atoms with E-state index >= 15 is 0 Å². The molecule has 132 valence electrons. The van der Waals surface area contributed by atoms with Crippen molar-refractivity contribution in [2.24, 2.45) is 5.92 Å². The third-order valence-electron chi connectivity index (χ3n) is 5.00. The van der Waals surface area contributed by atoms with E-state index in [9.17, 15) is 18.0 Å². The van der Waals surface area contributed by atoms with Crippen LogP contribution >= 0.6 is 0 Å². The fourth-order valence-corrected chi connectivity index (χ4v) is 4.27. The standard InChI is InChI=1S/C17H16O7S/c1-25(20,21)24-5-4-17-3-2-10(18)6-13(17)16(19)11-7-14-15(8-12(11)17)23-9-22-14/h2-3,7-8,13H,4-6,9H2,1H3/t13-,17-/m0/s1. The lowest BCUT2D eigenvalue weighted by Gasteiger charge is -2.34. The van der Waals surface area contributed by atoms with Gasteiger partial charge in [0.05, 0.1) is 12.9 Å². The highest BCUT2D eigenvalue weighted by molar-refractivity contribution is 7.85. The molecule has 1 aliphatic heterocycles. The second kappa shape index (κ2) is 5.40. The molecule has 0 saturated carbocycles. The number of ether oxygens (including phenoxy) is 2. The van der Waals surface area contributed by atoms with Gasteiger partial charge in [-0.3, -0.25) is 13.8 Å². The molecule has 1 heterocycles. The summed E-state index contributed by atoms with van der Waals surface area (Å²) >= 11 is 0. The molecule has 2 aliphatic carbocycles. The minimum absolute atomic E-state index is 0.0744. The summed E-state index contributed by atoms with van der Waals surface area (Å²) in [6.45, 7) is 0.0172. The fourth-order valence-electron chi connectivity index (χ4n) is 3.89. The number of carbonyl (C=O) groups excluding carboxylic acids is 2. The quantitative estimate of drug-likeness (QED) is 0.744. The largest absolute Gasteiger partial charge is 0.454 e. The average Bonchev–Trinajstić information content (AvgIpc) is 3.08. The molecule has 3 aliphatic rings. The summed E-state index contributed by atoms with van der Waals surface area (Å²) in [5, 5.41) is 0. The summed E-state index contributed by atoms with van der Waals surface area (Å²) in [4.78, 5) is 24.8. The van der Waals surface area contributed by atoms with Crippen molar-refractivity contribution in [2.45, 2.75) is 18.3 Å². The van der Waals surface area contributed by atoms with Gasteiger partial charge in [-0.2, -0.15) is 8.42 Å². The van der Waals surface area contributed by atoms with E-state index in [2.05, 4.69) is 0 Å². The van der Waals surface area contributed by atoms with Crippen LogP contribution in [-0.2, 0) is 24.5 Å². The Bertz CT molecular complexity index is 915. The third kappa shape index (κ3) is 2.56. The number of carbonyl (C=O) groups is 2. The number of allylic oxidation sites excluding steroid dienone is 2. The first-order valence-corrected chi connectivity index (χ1v) is 9.67. The van der Waals surface area contributed by atoms with Crippen molar-refractivity contribution in [3.63, 3.8) is 0 Å². The normalized spacial score (nSPS) is 26.7. The minimum atomic E-state index is -3.59. The summed E-state index contributed by atoms with van der Waals surface area (Å²) in [5.74, 6) is 0.228. The molecule has 1 aromatic carbocycles. The highest BCUT2D eigenvalue weighted by Crippen LogP contribution is 2.53. The molecule has 2 atom stereocenters. The zero-order valence-electron chi connectivity index (χ0n) is 13.5. The van der Waals surface area contributed by atoms with Gasteiger partial charge < -0.3 is 9.47 Å². The summed E-state index contributed by atoms with van der Waals surface area (Å²) in [5.41, 5.74) is 0.451. The number of rotatable bonds is 4. The molecule has 0 aromatic heterocycles. The van der Waals surface area contributed by atoms with Crippen molar-refractivity contribution >= 4 is 21.7 Å². The van der Waals surface area contributed by atoms with Gasteiger partial charge in [0.25, 0.3) is 10.1 Å². The van der Waals surface area contributed by atoms with Crippen LogP contribution < -0.4 is 9.47 Å². The van der Waals surface area contributed by atoms with Gasteiger partial charge in [-0.1, -0.05) is 6.08 Å². The van der Waals surface area contributed by atoms with Gasteiger partial charge in [-0.25, -0.2) is 0 Å². The Morgan fingerprint density at radius 3 is 2.68 bits per heavy atom. The van der Waals surface area contributed by atoms with Crippen molar-refractivity contribution < 1.29 is 31.7 Å². The van der Waals surface area contributed by atoms with Crippen LogP contribution in [0.3, 0.4) is 0 Å². The molecule has 0 fully saturated rings. The van der Waals surface area contributed by atoms with E-state index < -0.39 is 21.5 Å². The van der Waals surface area contributed by atoms with E-state index in [-0.39, 0.29) is 37.8 Å². The summed E-state index contributed by atoms with van der Waals surface area (Å²) in [7, 11) is -3.59. The van der Waals surface area contributed by atoms with E-state index in [4.69, 9.17) is 13.7 Å². The number of hydrogen-bond acceptors (Lipinski definition) is 7. The molecule has 25 heavy (non-hydrogen) atoms. The Labute approximate surface area is 144 Å². The maximum absolute atomic E-state index is 12.9. The van der Waals surface area contributed by atoms with Gasteiger partial charge in [0.2, 0.25) is 6.79 Å². The van der Waals surface area contributed by atoms with Crippen LogP contribution in [0.2, 0.25) is 0 Å². The molecule has 0 radical (unpaired) electrons. The van der Waals surface area contributed by atoms with Gasteiger partial charge in [0.15, 0.2) is 23.1 Å². The maximum Gasteiger partial charge on any atom is 0.264 e. The maximum atomic E-state index is 12.9. The monoisotopic (exact) mass is 364 g/mol. The zero-order valence-corrected chi connectivity index (χ0v) is 14.3. The minimum Gasteiger partial charge on any atom is -0.454 e. The third-order valence-corrected chi connectivity index (χ3v) is 5.60. The van der Waals surface area contributed by atoms with Gasteiger partial charge in [0, 0.05) is 23.3 Å². The SMILES string of the molecule is CS(=O)(=O)OCC[C@]12C=CC(=O)C[C@H]1C(=O)c1cc3c(cc12)OCO3. The highest BCUT2D eigenvalue weighted by atomic mass is 32.2. The lowest BCUT2D eigenvalue weighted by molar-refractivity contribution is -0.116. The van der Waals surface area contributed by atoms with Gasteiger partial charge in [-0.15, -0.1) is 0 Å². The molecule has 4 rings (SSSR count). The van der Waals surface area contributed by atoms with Crippen LogP contribution in [0.5, 0.6) is 11.5 Å². The number of fused-ring (bicyclic) bond motifs is 4. The average molecular weight is 364 g/mol. The second-order valence-electron chi connectivity index (χ2n) is 6.49. The van der Waals surface area contributed by atoms with Gasteiger partial charge >= 0.3 is 0 Å². The summed E-state index contributed by atoms with van der Waals surface area (Å²) in [6, 6.07) is 3.41. The Balaban J connectivity index is 1.79. The van der Waals surface area contributed by atoms with E-state index in [0.29, 0.717) is 17.1 Å². The van der Waals surface area contributed by atoms with Crippen molar-refractivity contribution in [3.8, 4) is 11.5 Å². The molecule has 0 saturated heterocycles. The highest BCUT2D eigenvalue weighted by Gasteiger charge is 2.53. The van der Waals surface area contributed by atoms with E-state index in [1.165, 1.54) is 6.08 Å². The fraction of sp³-hybridized carbons (Fsp3) is 0.412. The van der Waals surface area contributed by atoms with Crippen molar-refractivity contribution in [1.82, 2.24) is 0 Å². The Morgan fingerprint density at radius 1 is 1.24 bits per heavy atom. The number of ketones is 2. The topological polar surface area (TPSA) is 96.0 Å². The van der Waals surface area contributed by atoms with Crippen molar-refractivity contribution in [1.29, 1.82) is 0 Å². The zero-order chi connectivity index (χ0) is 17.8. The van der Waals surface area contributed by atoms with Gasteiger partial charge in [0.1, 0.15) is 0 Å². The molecule has 1 aromatic rings. The Morgan fingerprint density at radius 2 is 1.96 bits per heavy atom. The van der Waals surface area contributed by atoms with Crippen molar-refractivity contribution in [2.75, 3.05) is 19.7 Å². The van der Waals surface area contributed by atoms with Crippen LogP contribution in [0, 0.1) is 5.92 Å².